The maximum absolute atomic E-state index is 13.1. The average molecular weight is 1060 g/mol. The third-order valence-corrected chi connectivity index (χ3v) is 14.7. The normalized spacial score (nSPS) is 24.7. The highest BCUT2D eigenvalue weighted by atomic mass is 16.7. The molecule has 0 spiro atoms. The zero-order valence-corrected chi connectivity index (χ0v) is 46.6. The molecule has 0 amide bonds. The van der Waals surface area contributed by atoms with Gasteiger partial charge in [0, 0.05) is 12.8 Å². The van der Waals surface area contributed by atoms with Crippen LogP contribution in [0.3, 0.4) is 0 Å². The molecule has 0 aromatic heterocycles. The Hall–Kier alpha value is -1.76. The van der Waals surface area contributed by atoms with Crippen LogP contribution in [0.2, 0.25) is 0 Å². The molecule has 2 aliphatic heterocycles. The van der Waals surface area contributed by atoms with Crippen molar-refractivity contribution in [2.75, 3.05) is 26.4 Å². The van der Waals surface area contributed by atoms with Crippen molar-refractivity contribution in [1.29, 1.82) is 0 Å². The van der Waals surface area contributed by atoms with Crippen molar-refractivity contribution in [2.24, 2.45) is 0 Å². The number of rotatable bonds is 49. The molecule has 2 saturated heterocycles. The second-order valence-corrected chi connectivity index (χ2v) is 21.5. The summed E-state index contributed by atoms with van der Waals surface area (Å²) in [5, 5.41) is 72.3. The van der Waals surface area contributed by atoms with Crippen LogP contribution in [0.1, 0.15) is 258 Å². The van der Waals surface area contributed by atoms with Crippen LogP contribution in [-0.4, -0.2) is 142 Å². The molecule has 0 saturated carbocycles. The van der Waals surface area contributed by atoms with Gasteiger partial charge in [-0.05, 0) is 32.1 Å². The van der Waals surface area contributed by atoms with Gasteiger partial charge in [0.15, 0.2) is 18.7 Å². The van der Waals surface area contributed by atoms with Crippen molar-refractivity contribution in [3.05, 3.63) is 12.2 Å². The van der Waals surface area contributed by atoms with E-state index in [1.54, 1.807) is 0 Å². The summed E-state index contributed by atoms with van der Waals surface area (Å²) < 4.78 is 33.7. The van der Waals surface area contributed by atoms with Crippen LogP contribution in [0.4, 0.5) is 0 Å². The van der Waals surface area contributed by atoms with E-state index in [1.807, 2.05) is 0 Å². The summed E-state index contributed by atoms with van der Waals surface area (Å²) in [6, 6.07) is 0. The fourth-order valence-corrected chi connectivity index (χ4v) is 9.81. The number of carbonyl (C=O) groups excluding carboxylic acids is 2. The zero-order valence-electron chi connectivity index (χ0n) is 46.6. The molecule has 436 valence electrons. The highest BCUT2D eigenvalue weighted by Gasteiger charge is 2.47. The van der Waals surface area contributed by atoms with Crippen LogP contribution < -0.4 is 0 Å². The monoisotopic (exact) mass is 1060 g/mol. The van der Waals surface area contributed by atoms with E-state index in [0.29, 0.717) is 12.8 Å². The Morgan fingerprint density at radius 1 is 0.419 bits per heavy atom. The first-order valence-corrected chi connectivity index (χ1v) is 30.3. The highest BCUT2D eigenvalue weighted by molar-refractivity contribution is 5.70. The molecule has 0 aromatic carbocycles. The highest BCUT2D eigenvalue weighted by Crippen LogP contribution is 2.27. The number of carbonyl (C=O) groups is 2. The van der Waals surface area contributed by atoms with E-state index in [9.17, 15) is 45.3 Å². The number of aliphatic hydroxyl groups excluding tert-OH is 7. The third kappa shape index (κ3) is 32.9. The van der Waals surface area contributed by atoms with E-state index in [2.05, 4.69) is 26.0 Å². The number of aliphatic hydroxyl groups is 7. The Morgan fingerprint density at radius 2 is 0.784 bits per heavy atom. The van der Waals surface area contributed by atoms with Crippen LogP contribution in [0.5, 0.6) is 0 Å². The lowest BCUT2D eigenvalue weighted by atomic mass is 9.98. The molecule has 0 aromatic rings. The molecule has 2 rings (SSSR count). The minimum absolute atomic E-state index is 0.166. The van der Waals surface area contributed by atoms with Gasteiger partial charge in [0.25, 0.3) is 0 Å². The molecule has 4 unspecified atom stereocenters. The summed E-state index contributed by atoms with van der Waals surface area (Å²) in [6.07, 6.45) is 32.5. The lowest BCUT2D eigenvalue weighted by Gasteiger charge is -2.42. The molecule has 2 heterocycles. The first-order chi connectivity index (χ1) is 36.0. The molecule has 15 heteroatoms. The SMILES string of the molecule is CCCCCCCCCCCCCCCCCCCC/C=C/CCCC(=O)OC[C@@H](CO[C@@H]1O[C@H](CO[C@@H]2O[C@H](CO)[C@H](O)C(O)C2O)[C@H](O)C(O)C1O)OC(=O)CCCCCCCCCCCCCCCCC. The molecule has 0 aliphatic carbocycles. The summed E-state index contributed by atoms with van der Waals surface area (Å²) in [6.45, 7) is 2.62. The number of allylic oxidation sites excluding steroid dienone is 2. The number of ether oxygens (including phenoxy) is 6. The summed E-state index contributed by atoms with van der Waals surface area (Å²) >= 11 is 0. The summed E-state index contributed by atoms with van der Waals surface area (Å²) in [5.41, 5.74) is 0. The van der Waals surface area contributed by atoms with Gasteiger partial charge in [-0.3, -0.25) is 9.59 Å². The zero-order chi connectivity index (χ0) is 53.9. The van der Waals surface area contributed by atoms with Gasteiger partial charge in [-0.25, -0.2) is 0 Å². The average Bonchev–Trinajstić information content (AvgIpc) is 3.39. The summed E-state index contributed by atoms with van der Waals surface area (Å²) in [5.74, 6) is -0.945. The molecule has 11 atom stereocenters. The molecule has 0 radical (unpaired) electrons. The molecular formula is C59H110O15. The second kappa shape index (κ2) is 46.2. The molecule has 0 bridgehead atoms. The maximum atomic E-state index is 13.1. The fraction of sp³-hybridized carbons (Fsp3) is 0.932. The van der Waals surface area contributed by atoms with Crippen molar-refractivity contribution in [2.45, 2.75) is 325 Å². The number of unbranched alkanes of at least 4 members (excludes halogenated alkanes) is 33. The molecule has 2 fully saturated rings. The van der Waals surface area contributed by atoms with E-state index in [-0.39, 0.29) is 26.1 Å². The number of esters is 2. The first kappa shape index (κ1) is 68.3. The predicted octanol–water partition coefficient (Wildman–Crippen LogP) is 10.5. The lowest BCUT2D eigenvalue weighted by Crippen LogP contribution is -2.61. The Bertz CT molecular complexity index is 1340. The Balaban J connectivity index is 1.72. The van der Waals surface area contributed by atoms with Gasteiger partial charge in [-0.1, -0.05) is 225 Å². The van der Waals surface area contributed by atoms with E-state index in [0.717, 1.165) is 38.5 Å². The van der Waals surface area contributed by atoms with Gasteiger partial charge >= 0.3 is 11.9 Å². The second-order valence-electron chi connectivity index (χ2n) is 21.5. The Labute approximate surface area is 448 Å². The van der Waals surface area contributed by atoms with Crippen molar-refractivity contribution in [1.82, 2.24) is 0 Å². The van der Waals surface area contributed by atoms with Crippen LogP contribution in [0.15, 0.2) is 12.2 Å². The van der Waals surface area contributed by atoms with Crippen molar-refractivity contribution in [3.63, 3.8) is 0 Å². The molecule has 2 aliphatic rings. The van der Waals surface area contributed by atoms with Gasteiger partial charge < -0.3 is 64.2 Å². The standard InChI is InChI=1S/C59H110O15/c1-3-5-7-9-11-13-15-17-19-20-21-22-23-24-25-26-28-29-31-33-35-37-39-41-50(61)69-44-47(72-51(62)42-40-38-36-34-32-30-27-18-16-14-12-10-8-6-4-2)45-70-58-57(68)55(66)53(64)49(74-58)46-71-59-56(67)54(65)52(63)48(43-60)73-59/h33,35,47-49,52-60,63-68H,3-32,34,36-46H2,1-2H3/b35-33+/t47-,48+,49+,52-,53-,54?,55?,56?,57?,58+,59+/m0/s1. The van der Waals surface area contributed by atoms with Crippen LogP contribution in [0.25, 0.3) is 0 Å². The van der Waals surface area contributed by atoms with Gasteiger partial charge in [0.2, 0.25) is 0 Å². The van der Waals surface area contributed by atoms with Crippen molar-refractivity contribution < 1.29 is 73.8 Å². The van der Waals surface area contributed by atoms with Crippen molar-refractivity contribution >= 4 is 11.9 Å². The number of hydrogen-bond donors (Lipinski definition) is 7. The molecule has 7 N–H and O–H groups in total. The molecule has 15 nitrogen and oxygen atoms in total. The van der Waals surface area contributed by atoms with Crippen LogP contribution in [0, 0.1) is 0 Å². The maximum Gasteiger partial charge on any atom is 0.306 e. The lowest BCUT2D eigenvalue weighted by molar-refractivity contribution is -0.332. The van der Waals surface area contributed by atoms with Crippen LogP contribution >= 0.6 is 0 Å². The van der Waals surface area contributed by atoms with E-state index >= 15 is 0 Å². The first-order valence-electron chi connectivity index (χ1n) is 30.3. The van der Waals surface area contributed by atoms with Crippen LogP contribution in [-0.2, 0) is 38.0 Å². The third-order valence-electron chi connectivity index (χ3n) is 14.7. The predicted molar refractivity (Wildman–Crippen MR) is 289 cm³/mol. The van der Waals surface area contributed by atoms with Crippen molar-refractivity contribution in [3.8, 4) is 0 Å². The van der Waals surface area contributed by atoms with Gasteiger partial charge in [0.05, 0.1) is 19.8 Å². The van der Waals surface area contributed by atoms with E-state index < -0.39 is 92.7 Å². The topological polar surface area (TPSA) is 231 Å². The van der Waals surface area contributed by atoms with E-state index in [4.69, 9.17) is 28.4 Å². The molecular weight excluding hydrogens is 949 g/mol. The smallest absolute Gasteiger partial charge is 0.306 e. The summed E-state index contributed by atoms with van der Waals surface area (Å²) in [4.78, 5) is 25.9. The van der Waals surface area contributed by atoms with E-state index in [1.165, 1.54) is 180 Å². The fourth-order valence-electron chi connectivity index (χ4n) is 9.81. The minimum Gasteiger partial charge on any atom is -0.462 e. The minimum atomic E-state index is -1.77. The van der Waals surface area contributed by atoms with Gasteiger partial charge in [-0.15, -0.1) is 0 Å². The summed E-state index contributed by atoms with van der Waals surface area (Å²) in [7, 11) is 0. The Kier molecular flexibility index (Phi) is 42.7. The van der Waals surface area contributed by atoms with Gasteiger partial charge in [0.1, 0.15) is 55.4 Å². The van der Waals surface area contributed by atoms with Gasteiger partial charge in [-0.2, -0.15) is 0 Å². The number of hydrogen-bond acceptors (Lipinski definition) is 15. The largest absolute Gasteiger partial charge is 0.462 e. The Morgan fingerprint density at radius 3 is 1.23 bits per heavy atom. The quantitative estimate of drug-likeness (QED) is 0.0171. The molecule has 74 heavy (non-hydrogen) atoms.